The zero-order valence-corrected chi connectivity index (χ0v) is 18.6. The molecule has 0 spiro atoms. The predicted molar refractivity (Wildman–Crippen MR) is 118 cm³/mol. The highest BCUT2D eigenvalue weighted by Gasteiger charge is 2.32. The maximum absolute atomic E-state index is 14.5. The van der Waals surface area contributed by atoms with E-state index < -0.39 is 20.4 Å². The zero-order chi connectivity index (χ0) is 19.9. The number of halogens is 2. The molecule has 28 heavy (non-hydrogen) atoms. The van der Waals surface area contributed by atoms with Crippen LogP contribution in [0.4, 0.5) is 8.78 Å². The van der Waals surface area contributed by atoms with Gasteiger partial charge in [0, 0.05) is 0 Å². The fourth-order valence-electron chi connectivity index (χ4n) is 5.41. The second kappa shape index (κ2) is 10.5. The quantitative estimate of drug-likeness (QED) is 0.252. The Balaban J connectivity index is 1.48. The van der Waals surface area contributed by atoms with Gasteiger partial charge in [0.1, 0.15) is 0 Å². The lowest BCUT2D eigenvalue weighted by molar-refractivity contribution is 0.215. The first-order chi connectivity index (χ1) is 13.6. The third-order valence-corrected chi connectivity index (χ3v) is 10.2. The first-order valence-electron chi connectivity index (χ1n) is 11.4. The van der Waals surface area contributed by atoms with Crippen molar-refractivity contribution < 1.29 is 8.78 Å². The number of unbranched alkanes of at least 4 members (excludes halogenated alkanes) is 1. The minimum Gasteiger partial charge on any atom is -0.203 e. The van der Waals surface area contributed by atoms with Gasteiger partial charge in [-0.2, -0.15) is 0 Å². The molecule has 3 heteroatoms. The van der Waals surface area contributed by atoms with E-state index in [1.807, 2.05) is 19.1 Å². The largest absolute Gasteiger partial charge is 0.203 e. The molecule has 1 saturated heterocycles. The molecule has 1 aromatic carbocycles. The van der Waals surface area contributed by atoms with E-state index in [0.717, 1.165) is 37.5 Å². The van der Waals surface area contributed by atoms with E-state index in [9.17, 15) is 8.78 Å². The molecule has 2 aliphatic rings. The van der Waals surface area contributed by atoms with E-state index >= 15 is 0 Å². The van der Waals surface area contributed by atoms with Crippen molar-refractivity contribution in [3.05, 3.63) is 59.3 Å². The number of rotatable bonds is 7. The summed E-state index contributed by atoms with van der Waals surface area (Å²) < 4.78 is 28.7. The SMILES string of the molecule is C=CCCC=C[SiH]1CCC(C2CCC(c3ccc(CC)c(F)c3F)CC2)CC1. The average Bonchev–Trinajstić information content (AvgIpc) is 2.74. The van der Waals surface area contributed by atoms with Crippen LogP contribution < -0.4 is 0 Å². The monoisotopic (exact) mass is 402 g/mol. The highest BCUT2D eigenvalue weighted by molar-refractivity contribution is 6.64. The minimum absolute atomic E-state index is 0.204. The Kier molecular flexibility index (Phi) is 8.08. The normalized spacial score (nSPS) is 28.5. The summed E-state index contributed by atoms with van der Waals surface area (Å²) in [5.74, 6) is 0.674. The molecule has 1 aliphatic carbocycles. The second-order valence-corrected chi connectivity index (χ2v) is 11.9. The smallest absolute Gasteiger partial charge is 0.162 e. The highest BCUT2D eigenvalue weighted by Crippen LogP contribution is 2.44. The van der Waals surface area contributed by atoms with Crippen LogP contribution in [0.2, 0.25) is 12.1 Å². The van der Waals surface area contributed by atoms with E-state index in [4.69, 9.17) is 0 Å². The molecule has 0 N–H and O–H groups in total. The molecule has 0 aromatic heterocycles. The van der Waals surface area contributed by atoms with Crippen molar-refractivity contribution in [3.8, 4) is 0 Å². The molecule has 1 aromatic rings. The Labute approximate surface area is 171 Å². The van der Waals surface area contributed by atoms with Crippen LogP contribution in [-0.4, -0.2) is 8.80 Å². The molecule has 0 nitrogen and oxygen atoms in total. The molecular weight excluding hydrogens is 366 g/mol. The third-order valence-electron chi connectivity index (χ3n) is 7.21. The van der Waals surface area contributed by atoms with Crippen LogP contribution in [0.1, 0.15) is 75.3 Å². The standard InChI is InChI=1S/C25H36F2Si/c1-3-5-6-7-16-28-17-14-21(15-18-28)20-8-10-22(11-9-20)23-13-12-19(4-2)24(26)25(23)27/h3,7,12-13,16,20-22,28H,1,4-6,8-11,14-15,17-18H2,2H3. The van der Waals surface area contributed by atoms with E-state index in [1.54, 1.807) is 6.07 Å². The van der Waals surface area contributed by atoms with Crippen molar-refractivity contribution >= 4 is 8.80 Å². The lowest BCUT2D eigenvalue weighted by Crippen LogP contribution is -2.27. The van der Waals surface area contributed by atoms with E-state index in [1.165, 1.54) is 37.8 Å². The maximum Gasteiger partial charge on any atom is 0.162 e. The summed E-state index contributed by atoms with van der Waals surface area (Å²) in [6.07, 6.45) is 14.4. The van der Waals surface area contributed by atoms with Crippen LogP contribution >= 0.6 is 0 Å². The molecule has 0 bridgehead atoms. The van der Waals surface area contributed by atoms with Gasteiger partial charge in [-0.3, -0.25) is 0 Å². The van der Waals surface area contributed by atoms with Crippen molar-refractivity contribution in [1.29, 1.82) is 0 Å². The summed E-state index contributed by atoms with van der Waals surface area (Å²) in [4.78, 5) is 0. The molecule has 154 valence electrons. The van der Waals surface area contributed by atoms with Gasteiger partial charge in [0.25, 0.3) is 0 Å². The van der Waals surface area contributed by atoms with Gasteiger partial charge in [0.2, 0.25) is 0 Å². The van der Waals surface area contributed by atoms with Crippen molar-refractivity contribution in [2.45, 2.75) is 82.7 Å². The van der Waals surface area contributed by atoms with Crippen LogP contribution in [0, 0.1) is 23.5 Å². The molecule has 0 atom stereocenters. The Morgan fingerprint density at radius 2 is 1.64 bits per heavy atom. The van der Waals surface area contributed by atoms with Crippen molar-refractivity contribution in [1.82, 2.24) is 0 Å². The van der Waals surface area contributed by atoms with Gasteiger partial charge in [-0.05, 0) is 73.8 Å². The fraction of sp³-hybridized carbons (Fsp3) is 0.600. The van der Waals surface area contributed by atoms with E-state index in [0.29, 0.717) is 17.5 Å². The van der Waals surface area contributed by atoms with Gasteiger partial charge in [-0.15, -0.1) is 12.3 Å². The first-order valence-corrected chi connectivity index (χ1v) is 13.7. The van der Waals surface area contributed by atoms with Gasteiger partial charge < -0.3 is 0 Å². The van der Waals surface area contributed by atoms with Crippen molar-refractivity contribution in [2.75, 3.05) is 0 Å². The summed E-state index contributed by atoms with van der Waals surface area (Å²) in [6, 6.07) is 6.53. The summed E-state index contributed by atoms with van der Waals surface area (Å²) in [5.41, 5.74) is 3.68. The van der Waals surface area contributed by atoms with Crippen molar-refractivity contribution in [2.24, 2.45) is 11.8 Å². The minimum atomic E-state index is -0.650. The van der Waals surface area contributed by atoms with Crippen LogP contribution in [-0.2, 0) is 6.42 Å². The Hall–Kier alpha value is -1.22. The third kappa shape index (κ3) is 5.22. The van der Waals surface area contributed by atoms with Gasteiger partial charge in [0.05, 0.1) is 8.80 Å². The summed E-state index contributed by atoms with van der Waals surface area (Å²) >= 11 is 0. The number of hydrogen-bond acceptors (Lipinski definition) is 0. The Morgan fingerprint density at radius 1 is 0.964 bits per heavy atom. The maximum atomic E-state index is 14.5. The summed E-state index contributed by atoms with van der Waals surface area (Å²) in [6.45, 7) is 5.66. The number of aryl methyl sites for hydroxylation is 1. The van der Waals surface area contributed by atoms with Crippen LogP contribution in [0.15, 0.2) is 36.6 Å². The predicted octanol–water partition coefficient (Wildman–Crippen LogP) is 7.50. The van der Waals surface area contributed by atoms with Crippen molar-refractivity contribution in [3.63, 3.8) is 0 Å². The molecule has 3 rings (SSSR count). The van der Waals surface area contributed by atoms with Gasteiger partial charge >= 0.3 is 0 Å². The van der Waals surface area contributed by atoms with Gasteiger partial charge in [0.15, 0.2) is 11.6 Å². The number of benzene rings is 1. The Morgan fingerprint density at radius 3 is 2.29 bits per heavy atom. The molecule has 0 radical (unpaired) electrons. The molecule has 0 unspecified atom stereocenters. The Bertz CT molecular complexity index is 665. The first kappa shape index (κ1) is 21.5. The molecule has 1 saturated carbocycles. The number of allylic oxidation sites excluding steroid dienone is 2. The van der Waals surface area contributed by atoms with Crippen LogP contribution in [0.25, 0.3) is 0 Å². The fourth-order valence-corrected chi connectivity index (χ4v) is 8.37. The van der Waals surface area contributed by atoms with Crippen LogP contribution in [0.3, 0.4) is 0 Å². The lowest BCUT2D eigenvalue weighted by atomic mass is 9.72. The molecule has 1 aliphatic heterocycles. The lowest BCUT2D eigenvalue weighted by Gasteiger charge is -2.37. The van der Waals surface area contributed by atoms with Gasteiger partial charge in [-0.1, -0.05) is 56.1 Å². The average molecular weight is 403 g/mol. The summed E-state index contributed by atoms with van der Waals surface area (Å²) in [5, 5.41) is 0. The van der Waals surface area contributed by atoms with Gasteiger partial charge in [-0.25, -0.2) is 8.78 Å². The zero-order valence-electron chi connectivity index (χ0n) is 17.4. The molecular formula is C25H36F2Si. The topological polar surface area (TPSA) is 0 Å². The molecule has 0 amide bonds. The molecule has 2 fully saturated rings. The molecule has 1 heterocycles. The summed E-state index contributed by atoms with van der Waals surface area (Å²) in [7, 11) is -0.650. The second-order valence-electron chi connectivity index (χ2n) is 8.88. The van der Waals surface area contributed by atoms with Crippen LogP contribution in [0.5, 0.6) is 0 Å². The van der Waals surface area contributed by atoms with E-state index in [2.05, 4.69) is 18.4 Å². The number of hydrogen-bond donors (Lipinski definition) is 0. The van der Waals surface area contributed by atoms with E-state index in [-0.39, 0.29) is 5.92 Å². The highest BCUT2D eigenvalue weighted by atomic mass is 28.3.